The molecule has 14 heteroatoms. The van der Waals surface area contributed by atoms with Crippen molar-refractivity contribution in [3.8, 4) is 0 Å². The molecule has 0 saturated carbocycles. The molecule has 2 rings (SSSR count). The van der Waals surface area contributed by atoms with Crippen LogP contribution in [0.25, 0.3) is 0 Å². The van der Waals surface area contributed by atoms with Gasteiger partial charge in [-0.1, -0.05) is 60.7 Å². The van der Waals surface area contributed by atoms with Crippen molar-refractivity contribution < 1.29 is 47.1 Å². The van der Waals surface area contributed by atoms with Gasteiger partial charge in [-0.15, -0.1) is 0 Å². The lowest BCUT2D eigenvalue weighted by molar-refractivity contribution is -0.148. The standard InChI is InChI=1S/C32H44N2O10Si2/c1-45(2,3)43-30(38)26(17-19-27(35)31(39)44-46(4,5)6)33-28(36)20-18-25(29(37)41-21-23-13-9-7-10-14-23)34-32(40)42-22-24-15-11-8-12-16-24/h7-16,25-26H,17-22H2,1-6H3,(H,33,36)(H,34,40)/t25-,26+/m0/s1. The number of alkyl carbamates (subject to hydrolysis) is 1. The number of nitrogens with one attached hydrogen (secondary N) is 2. The van der Waals surface area contributed by atoms with E-state index in [1.165, 1.54) is 0 Å². The maximum atomic E-state index is 13.0. The molecule has 0 aliphatic rings. The summed E-state index contributed by atoms with van der Waals surface area (Å²) < 4.78 is 21.4. The molecule has 0 bridgehead atoms. The average molecular weight is 673 g/mol. The summed E-state index contributed by atoms with van der Waals surface area (Å²) in [7, 11) is -4.69. The highest BCUT2D eigenvalue weighted by atomic mass is 28.4. The van der Waals surface area contributed by atoms with Gasteiger partial charge in [0.2, 0.25) is 28.3 Å². The number of ketones is 1. The summed E-state index contributed by atoms with van der Waals surface area (Å²) in [6.07, 6.45) is -1.91. The number of Topliss-reactive ketones (excluding diaryl/α,β-unsaturated/α-hetero) is 1. The molecule has 0 aliphatic carbocycles. The van der Waals surface area contributed by atoms with Crippen LogP contribution in [0.1, 0.15) is 36.8 Å². The minimum Gasteiger partial charge on any atom is -0.518 e. The molecule has 0 fully saturated rings. The monoisotopic (exact) mass is 672 g/mol. The van der Waals surface area contributed by atoms with Gasteiger partial charge < -0.3 is 29.0 Å². The van der Waals surface area contributed by atoms with Crippen molar-refractivity contribution in [2.45, 2.75) is 90.3 Å². The number of rotatable bonds is 17. The summed E-state index contributed by atoms with van der Waals surface area (Å²) in [5.74, 6) is -3.96. The number of carbonyl (C=O) groups excluding carboxylic acids is 6. The second-order valence-electron chi connectivity index (χ2n) is 12.5. The first-order valence-electron chi connectivity index (χ1n) is 15.0. The van der Waals surface area contributed by atoms with Gasteiger partial charge in [-0.3, -0.25) is 14.4 Å². The molecular formula is C32H44N2O10Si2. The lowest BCUT2D eigenvalue weighted by Gasteiger charge is -2.24. The van der Waals surface area contributed by atoms with Crippen LogP contribution >= 0.6 is 0 Å². The van der Waals surface area contributed by atoms with Crippen LogP contribution in [0.15, 0.2) is 60.7 Å². The lowest BCUT2D eigenvalue weighted by Crippen LogP contribution is -2.47. The Morgan fingerprint density at radius 1 is 0.609 bits per heavy atom. The predicted molar refractivity (Wildman–Crippen MR) is 174 cm³/mol. The zero-order valence-corrected chi connectivity index (χ0v) is 29.3. The predicted octanol–water partition coefficient (Wildman–Crippen LogP) is 4.40. The Morgan fingerprint density at radius 2 is 1.09 bits per heavy atom. The highest BCUT2D eigenvalue weighted by Crippen LogP contribution is 2.12. The molecule has 2 aromatic carbocycles. The fourth-order valence-corrected chi connectivity index (χ4v) is 5.28. The molecular weight excluding hydrogens is 629 g/mol. The average Bonchev–Trinajstić information content (AvgIpc) is 2.98. The number of amides is 2. The Hall–Kier alpha value is -4.31. The van der Waals surface area contributed by atoms with Gasteiger partial charge in [-0.25, -0.2) is 14.4 Å². The van der Waals surface area contributed by atoms with Crippen molar-refractivity contribution in [3.63, 3.8) is 0 Å². The van der Waals surface area contributed by atoms with E-state index in [1.807, 2.05) is 12.1 Å². The van der Waals surface area contributed by atoms with E-state index in [4.69, 9.17) is 18.3 Å². The third-order valence-electron chi connectivity index (χ3n) is 5.99. The second-order valence-corrected chi connectivity index (χ2v) is 21.4. The van der Waals surface area contributed by atoms with Crippen LogP contribution in [0, 0.1) is 0 Å². The van der Waals surface area contributed by atoms with E-state index >= 15 is 0 Å². The Balaban J connectivity index is 2.07. The number of esters is 1. The molecule has 2 aromatic rings. The van der Waals surface area contributed by atoms with Crippen LogP contribution < -0.4 is 10.6 Å². The quantitative estimate of drug-likeness (QED) is 0.140. The van der Waals surface area contributed by atoms with E-state index in [-0.39, 0.29) is 38.9 Å². The van der Waals surface area contributed by atoms with Crippen LogP contribution in [0.3, 0.4) is 0 Å². The fourth-order valence-electron chi connectivity index (χ4n) is 3.86. The van der Waals surface area contributed by atoms with Crippen molar-refractivity contribution >= 4 is 52.3 Å². The third-order valence-corrected chi connectivity index (χ3v) is 7.60. The van der Waals surface area contributed by atoms with Gasteiger partial charge in [0.15, 0.2) is 0 Å². The van der Waals surface area contributed by atoms with Crippen LogP contribution in [0.5, 0.6) is 0 Å². The lowest BCUT2D eigenvalue weighted by atomic mass is 10.1. The van der Waals surface area contributed by atoms with E-state index in [0.29, 0.717) is 0 Å². The summed E-state index contributed by atoms with van der Waals surface area (Å²) in [6.45, 7) is 10.5. The van der Waals surface area contributed by atoms with Gasteiger partial charge in [-0.05, 0) is 63.3 Å². The summed E-state index contributed by atoms with van der Waals surface area (Å²) in [4.78, 5) is 76.1. The maximum absolute atomic E-state index is 13.0. The van der Waals surface area contributed by atoms with Gasteiger partial charge in [0.1, 0.15) is 25.3 Å². The van der Waals surface area contributed by atoms with E-state index in [1.54, 1.807) is 87.8 Å². The molecule has 0 spiro atoms. The Morgan fingerprint density at radius 3 is 1.61 bits per heavy atom. The normalized spacial score (nSPS) is 12.6. The maximum Gasteiger partial charge on any atom is 0.408 e. The fraction of sp³-hybridized carbons (Fsp3) is 0.438. The molecule has 250 valence electrons. The first-order chi connectivity index (χ1) is 21.5. The van der Waals surface area contributed by atoms with Crippen molar-refractivity contribution in [2.24, 2.45) is 0 Å². The molecule has 12 nitrogen and oxygen atoms in total. The number of hydrogen-bond acceptors (Lipinski definition) is 10. The Labute approximate surface area is 271 Å². The van der Waals surface area contributed by atoms with Crippen LogP contribution in [-0.2, 0) is 55.5 Å². The van der Waals surface area contributed by atoms with E-state index in [2.05, 4.69) is 10.6 Å². The summed E-state index contributed by atoms with van der Waals surface area (Å²) >= 11 is 0. The van der Waals surface area contributed by atoms with Gasteiger partial charge in [0.05, 0.1) is 0 Å². The van der Waals surface area contributed by atoms with Crippen molar-refractivity contribution in [3.05, 3.63) is 71.8 Å². The van der Waals surface area contributed by atoms with Gasteiger partial charge >= 0.3 is 24.0 Å². The minimum atomic E-state index is -2.38. The highest BCUT2D eigenvalue weighted by Gasteiger charge is 2.31. The first kappa shape index (κ1) is 37.9. The number of benzene rings is 2. The number of carbonyl (C=O) groups is 6. The largest absolute Gasteiger partial charge is 0.518 e. The summed E-state index contributed by atoms with van der Waals surface area (Å²) in [6, 6.07) is 15.4. The van der Waals surface area contributed by atoms with Crippen LogP contribution in [0.2, 0.25) is 39.3 Å². The summed E-state index contributed by atoms with van der Waals surface area (Å²) in [5.41, 5.74) is 1.47. The van der Waals surface area contributed by atoms with Crippen LogP contribution in [-0.4, -0.2) is 64.4 Å². The van der Waals surface area contributed by atoms with Gasteiger partial charge in [-0.2, -0.15) is 0 Å². The molecule has 0 saturated heterocycles. The molecule has 2 atom stereocenters. The molecule has 0 aromatic heterocycles. The molecule has 0 radical (unpaired) electrons. The van der Waals surface area contributed by atoms with Crippen molar-refractivity contribution in [1.82, 2.24) is 10.6 Å². The first-order valence-corrected chi connectivity index (χ1v) is 21.8. The summed E-state index contributed by atoms with van der Waals surface area (Å²) in [5, 5.41) is 5.01. The van der Waals surface area contributed by atoms with E-state index in [0.717, 1.165) is 11.1 Å². The molecule has 2 amide bonds. The number of hydrogen-bond donors (Lipinski definition) is 2. The van der Waals surface area contributed by atoms with Crippen molar-refractivity contribution in [2.75, 3.05) is 0 Å². The molecule has 0 unspecified atom stereocenters. The molecule has 0 heterocycles. The topological polar surface area (TPSA) is 163 Å². The van der Waals surface area contributed by atoms with Crippen LogP contribution in [0.4, 0.5) is 4.79 Å². The van der Waals surface area contributed by atoms with Gasteiger partial charge in [0, 0.05) is 12.8 Å². The number of ether oxygens (including phenoxy) is 2. The second kappa shape index (κ2) is 18.0. The Bertz CT molecular complexity index is 1340. The zero-order valence-electron chi connectivity index (χ0n) is 27.3. The smallest absolute Gasteiger partial charge is 0.408 e. The zero-order chi connectivity index (χ0) is 34.3. The van der Waals surface area contributed by atoms with E-state index in [9.17, 15) is 28.8 Å². The SMILES string of the molecule is C[Si](C)(C)OC(=O)C(=O)CC[C@@H](NC(=O)CC[C@H](NC(=O)OCc1ccccc1)C(=O)OCc1ccccc1)C(=O)O[Si](C)(C)C. The Kier molecular flexibility index (Phi) is 14.8. The molecule has 46 heavy (non-hydrogen) atoms. The third kappa shape index (κ3) is 15.6. The van der Waals surface area contributed by atoms with Gasteiger partial charge in [0.25, 0.3) is 0 Å². The highest BCUT2D eigenvalue weighted by molar-refractivity contribution is 6.72. The molecule has 0 aliphatic heterocycles. The van der Waals surface area contributed by atoms with Crippen molar-refractivity contribution in [1.29, 1.82) is 0 Å². The van der Waals surface area contributed by atoms with E-state index < -0.39 is 64.4 Å². The minimum absolute atomic E-state index is 0.0377. The molecule has 2 N–H and O–H groups in total.